The molecule has 8 heteroatoms. The second-order valence-electron chi connectivity index (χ2n) is 8.15. The zero-order valence-corrected chi connectivity index (χ0v) is 19.4. The van der Waals surface area contributed by atoms with Gasteiger partial charge in [-0.25, -0.2) is 14.6 Å². The van der Waals surface area contributed by atoms with Gasteiger partial charge in [-0.1, -0.05) is 42.5 Å². The molecule has 0 aliphatic carbocycles. The molecule has 0 saturated carbocycles. The van der Waals surface area contributed by atoms with Crippen LogP contribution in [0.1, 0.15) is 23.7 Å². The second kappa shape index (κ2) is 11.3. The Labute approximate surface area is 200 Å². The number of nitrogens with zero attached hydrogens (tertiary/aromatic N) is 5. The Morgan fingerprint density at radius 2 is 1.82 bits per heavy atom. The van der Waals surface area contributed by atoms with Crippen molar-refractivity contribution in [3.63, 3.8) is 0 Å². The molecule has 8 nitrogen and oxygen atoms in total. The summed E-state index contributed by atoms with van der Waals surface area (Å²) >= 11 is 0. The van der Waals surface area contributed by atoms with Crippen molar-refractivity contribution >= 4 is 11.8 Å². The van der Waals surface area contributed by atoms with E-state index in [2.05, 4.69) is 19.3 Å². The molecule has 1 aromatic heterocycles. The Kier molecular flexibility index (Phi) is 7.79. The number of piperazine rings is 1. The topological polar surface area (TPSA) is 64.2 Å². The molecular weight excluding hydrogens is 430 g/mol. The summed E-state index contributed by atoms with van der Waals surface area (Å²) in [6, 6.07) is 15.3. The predicted molar refractivity (Wildman–Crippen MR) is 129 cm³/mol. The van der Waals surface area contributed by atoms with Gasteiger partial charge in [0.05, 0.1) is 25.2 Å². The Bertz CT molecular complexity index is 1130. The van der Waals surface area contributed by atoms with Crippen LogP contribution < -0.4 is 4.74 Å². The molecule has 4 rings (SSSR count). The summed E-state index contributed by atoms with van der Waals surface area (Å²) < 4.78 is 13.3. The number of para-hydroxylation sites is 1. The van der Waals surface area contributed by atoms with Gasteiger partial charge in [-0.2, -0.15) is 0 Å². The summed E-state index contributed by atoms with van der Waals surface area (Å²) in [6.45, 7) is 14.1. The molecule has 0 spiro atoms. The maximum atomic E-state index is 12.6. The van der Waals surface area contributed by atoms with Crippen molar-refractivity contribution in [2.24, 2.45) is 0 Å². The van der Waals surface area contributed by atoms with Crippen molar-refractivity contribution in [1.29, 1.82) is 0 Å². The van der Waals surface area contributed by atoms with Crippen LogP contribution in [0.2, 0.25) is 0 Å². The van der Waals surface area contributed by atoms with Gasteiger partial charge in [0, 0.05) is 51.0 Å². The van der Waals surface area contributed by atoms with Gasteiger partial charge in [0.25, 0.3) is 0 Å². The highest BCUT2D eigenvalue weighted by Gasteiger charge is 2.23. The first kappa shape index (κ1) is 23.3. The van der Waals surface area contributed by atoms with Gasteiger partial charge >= 0.3 is 6.09 Å². The average molecular weight is 460 g/mol. The molecule has 1 aliphatic rings. The van der Waals surface area contributed by atoms with Crippen LogP contribution in [-0.4, -0.2) is 58.2 Å². The minimum atomic E-state index is -0.293. The standard InChI is InChI=1S/C26H29N5O3/c1-3-33-25-7-5-4-6-22(25)19-34-26(32)30-14-12-29(13-15-30)18-24-16-28-20-31(24)17-21-8-10-23(27-2)11-9-21/h4-11,16,20H,3,12-15,17-19H2,1H3. The molecule has 0 atom stereocenters. The molecule has 0 bridgehead atoms. The largest absolute Gasteiger partial charge is 0.493 e. The van der Waals surface area contributed by atoms with Gasteiger partial charge in [0.1, 0.15) is 12.4 Å². The third-order valence-electron chi connectivity index (χ3n) is 5.86. The number of carbonyl (C=O) groups is 1. The third kappa shape index (κ3) is 5.94. The normalized spacial score (nSPS) is 13.9. The number of hydrogen-bond donors (Lipinski definition) is 0. The summed E-state index contributed by atoms with van der Waals surface area (Å²) in [5, 5.41) is 0. The van der Waals surface area contributed by atoms with Crippen molar-refractivity contribution in [2.75, 3.05) is 32.8 Å². The Balaban J connectivity index is 1.26. The van der Waals surface area contributed by atoms with E-state index < -0.39 is 0 Å². The summed E-state index contributed by atoms with van der Waals surface area (Å²) in [6.07, 6.45) is 3.44. The predicted octanol–water partition coefficient (Wildman–Crippen LogP) is 4.34. The zero-order chi connectivity index (χ0) is 23.8. The van der Waals surface area contributed by atoms with Crippen LogP contribution in [0, 0.1) is 6.57 Å². The lowest BCUT2D eigenvalue weighted by Crippen LogP contribution is -2.48. The van der Waals surface area contributed by atoms with Crippen molar-refractivity contribution < 1.29 is 14.3 Å². The monoisotopic (exact) mass is 459 g/mol. The molecule has 1 fully saturated rings. The van der Waals surface area contributed by atoms with Crippen LogP contribution in [0.5, 0.6) is 5.75 Å². The van der Waals surface area contributed by atoms with E-state index in [1.807, 2.05) is 68.0 Å². The molecule has 0 N–H and O–H groups in total. The molecule has 1 aliphatic heterocycles. The molecule has 1 saturated heterocycles. The van der Waals surface area contributed by atoms with E-state index in [1.165, 1.54) is 0 Å². The molecule has 0 radical (unpaired) electrons. The second-order valence-corrected chi connectivity index (χ2v) is 8.15. The van der Waals surface area contributed by atoms with E-state index >= 15 is 0 Å². The summed E-state index contributed by atoms with van der Waals surface area (Å²) in [5.41, 5.74) is 3.76. The maximum Gasteiger partial charge on any atom is 0.410 e. The molecule has 34 heavy (non-hydrogen) atoms. The lowest BCUT2D eigenvalue weighted by atomic mass is 10.2. The van der Waals surface area contributed by atoms with E-state index in [-0.39, 0.29) is 12.7 Å². The summed E-state index contributed by atoms with van der Waals surface area (Å²) in [5.74, 6) is 0.751. The molecule has 2 heterocycles. The highest BCUT2D eigenvalue weighted by Crippen LogP contribution is 2.20. The van der Waals surface area contributed by atoms with Gasteiger partial charge in [0.2, 0.25) is 0 Å². The molecule has 3 aromatic rings. The van der Waals surface area contributed by atoms with Crippen molar-refractivity contribution in [1.82, 2.24) is 19.4 Å². The van der Waals surface area contributed by atoms with Crippen LogP contribution in [0.4, 0.5) is 10.5 Å². The van der Waals surface area contributed by atoms with Gasteiger partial charge in [-0.3, -0.25) is 4.90 Å². The molecule has 176 valence electrons. The quantitative estimate of drug-likeness (QED) is 0.469. The van der Waals surface area contributed by atoms with Gasteiger partial charge in [-0.05, 0) is 18.6 Å². The molecule has 2 aromatic carbocycles. The van der Waals surface area contributed by atoms with Crippen molar-refractivity contribution in [3.8, 4) is 5.75 Å². The highest BCUT2D eigenvalue weighted by molar-refractivity contribution is 5.67. The van der Waals surface area contributed by atoms with Crippen LogP contribution in [-0.2, 0) is 24.4 Å². The van der Waals surface area contributed by atoms with E-state index in [9.17, 15) is 4.79 Å². The SMILES string of the molecule is [C-]#[N+]c1ccc(Cn2cncc2CN2CCN(C(=O)OCc3ccccc3OCC)CC2)cc1. The van der Waals surface area contributed by atoms with E-state index in [4.69, 9.17) is 16.0 Å². The average Bonchev–Trinajstić information content (AvgIpc) is 3.30. The van der Waals surface area contributed by atoms with Crippen LogP contribution in [0.25, 0.3) is 4.85 Å². The first-order valence-electron chi connectivity index (χ1n) is 11.5. The molecule has 1 amide bonds. The lowest BCUT2D eigenvalue weighted by Gasteiger charge is -2.34. The number of ether oxygens (including phenoxy) is 2. The minimum Gasteiger partial charge on any atom is -0.493 e. The minimum absolute atomic E-state index is 0.200. The summed E-state index contributed by atoms with van der Waals surface area (Å²) in [4.78, 5) is 24.4. The van der Waals surface area contributed by atoms with Crippen LogP contribution in [0.3, 0.4) is 0 Å². The van der Waals surface area contributed by atoms with E-state index in [1.54, 1.807) is 4.90 Å². The number of rotatable bonds is 8. The number of amides is 1. The Hall–Kier alpha value is -3.83. The zero-order valence-electron chi connectivity index (χ0n) is 19.4. The number of hydrogen-bond acceptors (Lipinski definition) is 5. The number of imidazole rings is 1. The van der Waals surface area contributed by atoms with E-state index in [0.717, 1.165) is 42.2 Å². The van der Waals surface area contributed by atoms with Gasteiger partial charge in [-0.15, -0.1) is 0 Å². The Morgan fingerprint density at radius 1 is 1.06 bits per heavy atom. The summed E-state index contributed by atoms with van der Waals surface area (Å²) in [7, 11) is 0. The molecular formula is C26H29N5O3. The van der Waals surface area contributed by atoms with Crippen molar-refractivity contribution in [3.05, 3.63) is 89.3 Å². The van der Waals surface area contributed by atoms with Gasteiger partial charge in [0.15, 0.2) is 5.69 Å². The van der Waals surface area contributed by atoms with Crippen molar-refractivity contribution in [2.45, 2.75) is 26.6 Å². The number of aromatic nitrogens is 2. The maximum absolute atomic E-state index is 12.6. The number of benzene rings is 2. The van der Waals surface area contributed by atoms with E-state index in [0.29, 0.717) is 31.9 Å². The first-order valence-corrected chi connectivity index (χ1v) is 11.5. The van der Waals surface area contributed by atoms with Gasteiger partial charge < -0.3 is 18.9 Å². The van der Waals surface area contributed by atoms with Crippen LogP contribution in [0.15, 0.2) is 61.1 Å². The highest BCUT2D eigenvalue weighted by atomic mass is 16.6. The molecule has 0 unspecified atom stereocenters. The lowest BCUT2D eigenvalue weighted by molar-refractivity contribution is 0.0690. The smallest absolute Gasteiger partial charge is 0.410 e. The third-order valence-corrected chi connectivity index (χ3v) is 5.86. The van der Waals surface area contributed by atoms with Crippen LogP contribution >= 0.6 is 0 Å². The fourth-order valence-corrected chi connectivity index (χ4v) is 3.96. The Morgan fingerprint density at radius 3 is 2.56 bits per heavy atom. The fourth-order valence-electron chi connectivity index (χ4n) is 3.96. The fraction of sp³-hybridized carbons (Fsp3) is 0.346. The number of carbonyl (C=O) groups excluding carboxylic acids is 1. The first-order chi connectivity index (χ1) is 16.7.